The molecule has 1 aromatic heterocycles. The summed E-state index contributed by atoms with van der Waals surface area (Å²) in [6.45, 7) is 5.36. The molecule has 0 bridgehead atoms. The van der Waals surface area contributed by atoms with Crippen LogP contribution in [0.1, 0.15) is 32.1 Å². The Bertz CT molecular complexity index is 784. The highest BCUT2D eigenvalue weighted by molar-refractivity contribution is 5.76. The number of nitrogens with zero attached hydrogens (tertiary/aromatic N) is 3. The molecule has 2 fully saturated rings. The monoisotopic (exact) mass is 358 g/mol. The van der Waals surface area contributed by atoms with E-state index in [1.165, 1.54) is 19.3 Å². The first-order valence-electron chi connectivity index (χ1n) is 9.36. The van der Waals surface area contributed by atoms with E-state index in [4.69, 9.17) is 9.15 Å². The van der Waals surface area contributed by atoms with E-state index in [0.717, 1.165) is 30.9 Å². The van der Waals surface area contributed by atoms with E-state index in [2.05, 4.69) is 22.1 Å². The van der Waals surface area contributed by atoms with E-state index in [9.17, 15) is 4.79 Å². The zero-order valence-corrected chi connectivity index (χ0v) is 15.4. The molecule has 0 unspecified atom stereocenters. The van der Waals surface area contributed by atoms with Crippen LogP contribution < -0.4 is 10.1 Å². The van der Waals surface area contributed by atoms with Crippen LogP contribution in [-0.4, -0.2) is 59.6 Å². The zero-order valence-electron chi connectivity index (χ0n) is 15.4. The number of carbonyl (C=O) groups excluding carboxylic acids is 1. The van der Waals surface area contributed by atoms with Gasteiger partial charge in [-0.2, -0.15) is 0 Å². The van der Waals surface area contributed by atoms with Crippen molar-refractivity contribution < 1.29 is 13.9 Å². The lowest BCUT2D eigenvalue weighted by atomic mass is 9.98. The largest absolute Gasteiger partial charge is 0.497 e. The zero-order chi connectivity index (χ0) is 18.1. The van der Waals surface area contributed by atoms with Crippen LogP contribution in [-0.2, 0) is 6.54 Å². The van der Waals surface area contributed by atoms with E-state index in [-0.39, 0.29) is 12.6 Å². The molecule has 2 aromatic rings. The molecule has 4 rings (SSSR count). The number of carbonyl (C=O) groups is 1. The van der Waals surface area contributed by atoms with Gasteiger partial charge in [0.2, 0.25) is 5.89 Å². The average molecular weight is 358 g/mol. The van der Waals surface area contributed by atoms with Crippen LogP contribution in [0.3, 0.4) is 0 Å². The standard InChI is InChI=1S/C19H26N4O3/c1-13-5-3-4-8-23(13)14-11-22(12-14)19(24)20-10-18-21-16-9-15(25-2)6-7-17(16)26-18/h6-7,9,13-14H,3-5,8,10-12H2,1-2H3,(H,20,24)/t13-/m1/s1. The van der Waals surface area contributed by atoms with Gasteiger partial charge in [-0.15, -0.1) is 0 Å². The molecule has 2 aliphatic heterocycles. The smallest absolute Gasteiger partial charge is 0.317 e. The van der Waals surface area contributed by atoms with E-state index in [1.54, 1.807) is 7.11 Å². The van der Waals surface area contributed by atoms with Crippen molar-refractivity contribution in [1.82, 2.24) is 20.1 Å². The van der Waals surface area contributed by atoms with Crippen LogP contribution in [0.4, 0.5) is 4.79 Å². The summed E-state index contributed by atoms with van der Waals surface area (Å²) in [5.41, 5.74) is 1.43. The summed E-state index contributed by atoms with van der Waals surface area (Å²) in [4.78, 5) is 21.2. The Kier molecular flexibility index (Phi) is 4.72. The number of ether oxygens (including phenoxy) is 1. The summed E-state index contributed by atoms with van der Waals surface area (Å²) in [5.74, 6) is 1.24. The number of benzene rings is 1. The minimum atomic E-state index is -0.0502. The Hall–Kier alpha value is -2.28. The maximum Gasteiger partial charge on any atom is 0.317 e. The van der Waals surface area contributed by atoms with E-state index < -0.39 is 0 Å². The molecule has 0 radical (unpaired) electrons. The molecule has 1 aromatic carbocycles. The summed E-state index contributed by atoms with van der Waals surface area (Å²) in [5, 5.41) is 2.91. The number of hydrogen-bond acceptors (Lipinski definition) is 5. The molecule has 26 heavy (non-hydrogen) atoms. The number of rotatable bonds is 4. The van der Waals surface area contributed by atoms with Gasteiger partial charge >= 0.3 is 6.03 Å². The van der Waals surface area contributed by atoms with Gasteiger partial charge in [-0.05, 0) is 38.4 Å². The number of fused-ring (bicyclic) bond motifs is 1. The van der Waals surface area contributed by atoms with Crippen molar-refractivity contribution in [3.63, 3.8) is 0 Å². The maximum atomic E-state index is 12.3. The van der Waals surface area contributed by atoms with Gasteiger partial charge in [0.1, 0.15) is 11.3 Å². The highest BCUT2D eigenvalue weighted by Crippen LogP contribution is 2.25. The lowest BCUT2D eigenvalue weighted by molar-refractivity contribution is 0.0168. The van der Waals surface area contributed by atoms with Crippen LogP contribution >= 0.6 is 0 Å². The second kappa shape index (κ2) is 7.15. The summed E-state index contributed by atoms with van der Waals surface area (Å²) >= 11 is 0. The van der Waals surface area contributed by atoms with Crippen LogP contribution in [0.2, 0.25) is 0 Å². The highest BCUT2D eigenvalue weighted by atomic mass is 16.5. The average Bonchev–Trinajstić information content (AvgIpc) is 3.02. The van der Waals surface area contributed by atoms with Gasteiger partial charge in [0, 0.05) is 31.2 Å². The third kappa shape index (κ3) is 3.35. The quantitative estimate of drug-likeness (QED) is 0.910. The molecule has 3 heterocycles. The summed E-state index contributed by atoms with van der Waals surface area (Å²) in [7, 11) is 1.62. The summed E-state index contributed by atoms with van der Waals surface area (Å²) in [6.07, 6.45) is 3.87. The van der Waals surface area contributed by atoms with Crippen molar-refractivity contribution in [2.75, 3.05) is 26.7 Å². The Balaban J connectivity index is 1.28. The minimum absolute atomic E-state index is 0.0502. The first kappa shape index (κ1) is 17.1. The molecular formula is C19H26N4O3. The van der Waals surface area contributed by atoms with Crippen molar-refractivity contribution >= 4 is 17.1 Å². The van der Waals surface area contributed by atoms with Gasteiger partial charge in [0.05, 0.1) is 13.7 Å². The van der Waals surface area contributed by atoms with Gasteiger partial charge in [-0.1, -0.05) is 6.42 Å². The minimum Gasteiger partial charge on any atom is -0.497 e. The molecule has 140 valence electrons. The van der Waals surface area contributed by atoms with Gasteiger partial charge < -0.3 is 19.4 Å². The third-order valence-corrected chi connectivity index (χ3v) is 5.50. The fraction of sp³-hybridized carbons (Fsp3) is 0.579. The van der Waals surface area contributed by atoms with Crippen molar-refractivity contribution in [2.24, 2.45) is 0 Å². The van der Waals surface area contributed by atoms with Gasteiger partial charge in [0.15, 0.2) is 5.58 Å². The van der Waals surface area contributed by atoms with E-state index in [1.807, 2.05) is 23.1 Å². The molecule has 7 heteroatoms. The Morgan fingerprint density at radius 2 is 2.23 bits per heavy atom. The number of piperidine rings is 1. The number of urea groups is 1. The summed E-state index contributed by atoms with van der Waals surface area (Å²) in [6, 6.07) is 6.57. The second-order valence-electron chi connectivity index (χ2n) is 7.24. The van der Waals surface area contributed by atoms with Crippen LogP contribution in [0.25, 0.3) is 11.1 Å². The highest BCUT2D eigenvalue weighted by Gasteiger charge is 2.37. The predicted octanol–water partition coefficient (Wildman–Crippen LogP) is 2.60. The number of methoxy groups -OCH3 is 1. The molecule has 2 aliphatic rings. The lowest BCUT2D eigenvalue weighted by Crippen LogP contribution is -2.64. The fourth-order valence-electron chi connectivity index (χ4n) is 3.91. The molecule has 7 nitrogen and oxygen atoms in total. The normalized spacial score (nSPS) is 21.6. The van der Waals surface area contributed by atoms with Gasteiger partial charge in [-0.3, -0.25) is 4.90 Å². The molecular weight excluding hydrogens is 332 g/mol. The lowest BCUT2D eigenvalue weighted by Gasteiger charge is -2.49. The van der Waals surface area contributed by atoms with Gasteiger partial charge in [-0.25, -0.2) is 9.78 Å². The fourth-order valence-corrected chi connectivity index (χ4v) is 3.91. The SMILES string of the molecule is COc1ccc2oc(CNC(=O)N3CC(N4CCCC[C@H]4C)C3)nc2c1. The van der Waals surface area contributed by atoms with E-state index in [0.29, 0.717) is 23.6 Å². The molecule has 2 amide bonds. The first-order valence-corrected chi connectivity index (χ1v) is 9.36. The number of hydrogen-bond donors (Lipinski definition) is 1. The predicted molar refractivity (Wildman–Crippen MR) is 98.2 cm³/mol. The summed E-state index contributed by atoms with van der Waals surface area (Å²) < 4.78 is 10.9. The molecule has 1 atom stereocenters. The number of nitrogens with one attached hydrogen (secondary N) is 1. The Morgan fingerprint density at radius 3 is 3.00 bits per heavy atom. The molecule has 1 N–H and O–H groups in total. The third-order valence-electron chi connectivity index (χ3n) is 5.50. The van der Waals surface area contributed by atoms with Gasteiger partial charge in [0.25, 0.3) is 0 Å². The first-order chi connectivity index (χ1) is 12.6. The maximum absolute atomic E-state index is 12.3. The molecule has 0 spiro atoms. The van der Waals surface area contributed by atoms with Crippen molar-refractivity contribution in [3.8, 4) is 5.75 Å². The topological polar surface area (TPSA) is 70.8 Å². The number of likely N-dealkylation sites (tertiary alicyclic amines) is 2. The van der Waals surface area contributed by atoms with Crippen LogP contribution in [0, 0.1) is 0 Å². The van der Waals surface area contributed by atoms with Crippen molar-refractivity contribution in [1.29, 1.82) is 0 Å². The Morgan fingerprint density at radius 1 is 1.38 bits per heavy atom. The van der Waals surface area contributed by atoms with Crippen molar-refractivity contribution in [3.05, 3.63) is 24.1 Å². The van der Waals surface area contributed by atoms with E-state index >= 15 is 0 Å². The molecule has 0 aliphatic carbocycles. The number of aromatic nitrogens is 1. The Labute approximate surface area is 153 Å². The second-order valence-corrected chi connectivity index (χ2v) is 7.24. The molecule has 2 saturated heterocycles. The number of oxazole rings is 1. The molecule has 0 saturated carbocycles. The number of amides is 2. The van der Waals surface area contributed by atoms with Crippen LogP contribution in [0.15, 0.2) is 22.6 Å². The van der Waals surface area contributed by atoms with Crippen molar-refractivity contribution in [2.45, 2.75) is 44.8 Å². The van der Waals surface area contributed by atoms with Crippen LogP contribution in [0.5, 0.6) is 5.75 Å².